The van der Waals surface area contributed by atoms with Gasteiger partial charge in [0.15, 0.2) is 0 Å². The third-order valence-corrected chi connectivity index (χ3v) is 4.06. The van der Waals surface area contributed by atoms with Gasteiger partial charge in [-0.15, -0.1) is 0 Å². The second kappa shape index (κ2) is 6.62. The Labute approximate surface area is 137 Å². The predicted molar refractivity (Wildman–Crippen MR) is 85.5 cm³/mol. The lowest BCUT2D eigenvalue weighted by atomic mass is 10.2. The van der Waals surface area contributed by atoms with Crippen LogP contribution in [0.1, 0.15) is 15.9 Å². The van der Waals surface area contributed by atoms with Gasteiger partial charge >= 0.3 is 0 Å². The third-order valence-electron chi connectivity index (χ3n) is 2.64. The molecule has 22 heavy (non-hydrogen) atoms. The first-order valence-electron chi connectivity index (χ1n) is 5.96. The number of carbonyl (C=O) groups is 1. The molecule has 0 aliphatic rings. The van der Waals surface area contributed by atoms with Crippen LogP contribution in [0.2, 0.25) is 10.2 Å². The lowest BCUT2D eigenvalue weighted by Gasteiger charge is -2.07. The smallest absolute Gasteiger partial charge is 0.257 e. The molecule has 0 atom stereocenters. The number of rotatable bonds is 4. The number of carbonyl (C=O) groups excluding carboxylic acids is 1. The zero-order chi connectivity index (χ0) is 16.3. The van der Waals surface area contributed by atoms with E-state index in [1.165, 1.54) is 12.3 Å². The zero-order valence-electron chi connectivity index (χ0n) is 11.1. The zero-order valence-corrected chi connectivity index (χ0v) is 13.4. The number of anilines is 1. The highest BCUT2D eigenvalue weighted by Gasteiger charge is 2.10. The van der Waals surface area contributed by atoms with Crippen LogP contribution in [-0.2, 0) is 15.8 Å². The molecule has 0 aliphatic heterocycles. The Morgan fingerprint density at radius 1 is 1.23 bits per heavy atom. The van der Waals surface area contributed by atoms with Gasteiger partial charge in [0.1, 0.15) is 5.15 Å². The number of nitrogens with two attached hydrogens (primary N) is 1. The summed E-state index contributed by atoms with van der Waals surface area (Å²) in [5.74, 6) is -0.678. The molecule has 0 saturated heterocycles. The van der Waals surface area contributed by atoms with Crippen molar-refractivity contribution in [1.82, 2.24) is 4.98 Å². The average molecular weight is 360 g/mol. The van der Waals surface area contributed by atoms with Crippen LogP contribution in [0.15, 0.2) is 36.5 Å². The Hall–Kier alpha value is -1.67. The average Bonchev–Trinajstić information content (AvgIpc) is 2.42. The van der Waals surface area contributed by atoms with E-state index in [1.807, 2.05) is 0 Å². The molecule has 0 saturated carbocycles. The molecule has 0 bridgehead atoms. The van der Waals surface area contributed by atoms with Crippen LogP contribution in [0, 0.1) is 0 Å². The monoisotopic (exact) mass is 359 g/mol. The lowest BCUT2D eigenvalue weighted by molar-refractivity contribution is 0.102. The first-order chi connectivity index (χ1) is 10.2. The molecule has 0 spiro atoms. The van der Waals surface area contributed by atoms with Gasteiger partial charge < -0.3 is 5.32 Å². The molecular formula is C13H11Cl2N3O3S. The van der Waals surface area contributed by atoms with Crippen LogP contribution in [0.3, 0.4) is 0 Å². The van der Waals surface area contributed by atoms with Crippen molar-refractivity contribution in [1.29, 1.82) is 0 Å². The molecule has 9 heteroatoms. The van der Waals surface area contributed by atoms with E-state index < -0.39 is 15.9 Å². The molecule has 0 fully saturated rings. The predicted octanol–water partition coefficient (Wildman–Crippen LogP) is 2.43. The third kappa shape index (κ3) is 4.67. The van der Waals surface area contributed by atoms with Gasteiger partial charge in [0.05, 0.1) is 16.3 Å². The molecule has 3 N–H and O–H groups in total. The molecular weight excluding hydrogens is 349 g/mol. The number of amides is 1. The van der Waals surface area contributed by atoms with Crippen molar-refractivity contribution in [3.05, 3.63) is 57.8 Å². The second-order valence-electron chi connectivity index (χ2n) is 4.45. The van der Waals surface area contributed by atoms with Crippen molar-refractivity contribution < 1.29 is 13.2 Å². The molecule has 6 nitrogen and oxygen atoms in total. The van der Waals surface area contributed by atoms with Crippen LogP contribution >= 0.6 is 23.2 Å². The summed E-state index contributed by atoms with van der Waals surface area (Å²) >= 11 is 11.5. The first-order valence-corrected chi connectivity index (χ1v) is 8.43. The van der Waals surface area contributed by atoms with E-state index in [-0.39, 0.29) is 21.5 Å². The summed E-state index contributed by atoms with van der Waals surface area (Å²) in [6, 6.07) is 7.68. The van der Waals surface area contributed by atoms with Crippen LogP contribution < -0.4 is 10.5 Å². The van der Waals surface area contributed by atoms with Gasteiger partial charge in [-0.3, -0.25) is 4.79 Å². The summed E-state index contributed by atoms with van der Waals surface area (Å²) in [6.07, 6.45) is 1.30. The SMILES string of the molecule is NS(=O)(=O)Cc1ccc(NC(=O)c2cnc(Cl)c(Cl)c2)cc1. The fourth-order valence-electron chi connectivity index (χ4n) is 1.67. The molecule has 116 valence electrons. The maximum absolute atomic E-state index is 12.0. The van der Waals surface area contributed by atoms with Gasteiger partial charge in [-0.25, -0.2) is 18.5 Å². The number of nitrogens with one attached hydrogen (secondary N) is 1. The molecule has 1 aromatic carbocycles. The Morgan fingerprint density at radius 2 is 1.86 bits per heavy atom. The van der Waals surface area contributed by atoms with Crippen molar-refractivity contribution >= 4 is 44.8 Å². The number of halogens is 2. The van der Waals surface area contributed by atoms with E-state index in [1.54, 1.807) is 24.3 Å². The van der Waals surface area contributed by atoms with Crippen LogP contribution in [0.5, 0.6) is 0 Å². The highest BCUT2D eigenvalue weighted by Crippen LogP contribution is 2.20. The number of benzene rings is 1. The number of primary sulfonamides is 1. The summed E-state index contributed by atoms with van der Waals surface area (Å²) < 4.78 is 22.0. The van der Waals surface area contributed by atoms with Gasteiger partial charge in [-0.05, 0) is 23.8 Å². The maximum atomic E-state index is 12.0. The molecule has 1 aromatic heterocycles. The number of pyridine rings is 1. The van der Waals surface area contributed by atoms with Crippen molar-refractivity contribution in [3.8, 4) is 0 Å². The molecule has 2 aromatic rings. The number of nitrogens with zero attached hydrogens (tertiary/aromatic N) is 1. The minimum atomic E-state index is -3.59. The van der Waals surface area contributed by atoms with E-state index in [9.17, 15) is 13.2 Å². The van der Waals surface area contributed by atoms with Gasteiger partial charge in [-0.1, -0.05) is 35.3 Å². The molecule has 2 rings (SSSR count). The lowest BCUT2D eigenvalue weighted by Crippen LogP contribution is -2.15. The van der Waals surface area contributed by atoms with Gasteiger partial charge in [0, 0.05) is 11.9 Å². The molecule has 0 unspecified atom stereocenters. The minimum absolute atomic E-state index is 0.116. The van der Waals surface area contributed by atoms with Crippen molar-refractivity contribution in [2.45, 2.75) is 5.75 Å². The maximum Gasteiger partial charge on any atom is 0.257 e. The van der Waals surface area contributed by atoms with Gasteiger partial charge in [-0.2, -0.15) is 0 Å². The van der Waals surface area contributed by atoms with Crippen molar-refractivity contribution in [3.63, 3.8) is 0 Å². The number of sulfonamides is 1. The van der Waals surface area contributed by atoms with E-state index in [0.29, 0.717) is 11.3 Å². The largest absolute Gasteiger partial charge is 0.322 e. The summed E-state index contributed by atoms with van der Waals surface area (Å²) in [4.78, 5) is 15.8. The Morgan fingerprint density at radius 3 is 2.41 bits per heavy atom. The summed E-state index contributed by atoms with van der Waals surface area (Å²) in [5.41, 5.74) is 1.27. The molecule has 1 heterocycles. The summed E-state index contributed by atoms with van der Waals surface area (Å²) in [5, 5.41) is 7.89. The fourth-order valence-corrected chi connectivity index (χ4v) is 2.59. The minimum Gasteiger partial charge on any atom is -0.322 e. The first kappa shape index (κ1) is 16.7. The quantitative estimate of drug-likeness (QED) is 0.818. The topological polar surface area (TPSA) is 102 Å². The van der Waals surface area contributed by atoms with Crippen molar-refractivity contribution in [2.75, 3.05) is 5.32 Å². The summed E-state index contributed by atoms with van der Waals surface area (Å²) in [6.45, 7) is 0. The number of aromatic nitrogens is 1. The highest BCUT2D eigenvalue weighted by atomic mass is 35.5. The Kier molecular flexibility index (Phi) is 5.02. The molecule has 0 aliphatic carbocycles. The Balaban J connectivity index is 2.10. The van der Waals surface area contributed by atoms with E-state index in [4.69, 9.17) is 28.3 Å². The Bertz CT molecular complexity index is 808. The second-order valence-corrected chi connectivity index (χ2v) is 6.83. The standard InChI is InChI=1S/C13H11Cl2N3O3S/c14-11-5-9(6-17-12(11)15)13(19)18-10-3-1-8(2-4-10)7-22(16,20)21/h1-6H,7H2,(H,18,19)(H2,16,20,21). The van der Waals surface area contributed by atoms with E-state index in [2.05, 4.69) is 10.3 Å². The van der Waals surface area contributed by atoms with Crippen LogP contribution in [0.4, 0.5) is 5.69 Å². The summed E-state index contributed by atoms with van der Waals surface area (Å²) in [7, 11) is -3.59. The van der Waals surface area contributed by atoms with Crippen molar-refractivity contribution in [2.24, 2.45) is 5.14 Å². The number of hydrogen-bond acceptors (Lipinski definition) is 4. The van der Waals surface area contributed by atoms with Gasteiger partial charge in [0.25, 0.3) is 5.91 Å². The molecule has 0 radical (unpaired) electrons. The van der Waals surface area contributed by atoms with E-state index >= 15 is 0 Å². The van der Waals surface area contributed by atoms with Crippen LogP contribution in [-0.4, -0.2) is 19.3 Å². The fraction of sp³-hybridized carbons (Fsp3) is 0.0769. The number of hydrogen-bond donors (Lipinski definition) is 2. The normalized spacial score (nSPS) is 11.2. The van der Waals surface area contributed by atoms with E-state index in [0.717, 1.165) is 0 Å². The highest BCUT2D eigenvalue weighted by molar-refractivity contribution is 7.88. The molecule has 1 amide bonds. The van der Waals surface area contributed by atoms with Gasteiger partial charge in [0.2, 0.25) is 10.0 Å². The van der Waals surface area contributed by atoms with Crippen LogP contribution in [0.25, 0.3) is 0 Å².